The van der Waals surface area contributed by atoms with E-state index in [0.29, 0.717) is 18.0 Å². The molecule has 1 saturated carbocycles. The van der Waals surface area contributed by atoms with Gasteiger partial charge in [-0.05, 0) is 54.3 Å². The molecule has 3 aromatic carbocycles. The number of fused-ring (bicyclic) bond motifs is 3. The summed E-state index contributed by atoms with van der Waals surface area (Å²) in [6.07, 6.45) is 7.76. The Bertz CT molecular complexity index is 1550. The van der Waals surface area contributed by atoms with Crippen LogP contribution in [0.15, 0.2) is 78.9 Å². The highest BCUT2D eigenvalue weighted by Gasteiger charge is 2.52. The van der Waals surface area contributed by atoms with Crippen LogP contribution in [0.4, 0.5) is 0 Å². The Morgan fingerprint density at radius 2 is 1.52 bits per heavy atom. The van der Waals surface area contributed by atoms with E-state index in [1.165, 1.54) is 19.3 Å². The van der Waals surface area contributed by atoms with Gasteiger partial charge in [0.25, 0.3) is 11.8 Å². The van der Waals surface area contributed by atoms with Crippen molar-refractivity contribution in [3.05, 3.63) is 95.7 Å². The lowest BCUT2D eigenvalue weighted by molar-refractivity contribution is -0.136. The number of nitrogens with zero attached hydrogens (tertiary/aromatic N) is 2. The summed E-state index contributed by atoms with van der Waals surface area (Å²) in [6.45, 7) is 0.574. The minimum Gasteiger partial charge on any atom is -0.497 e. The second kappa shape index (κ2) is 11.9. The van der Waals surface area contributed by atoms with Crippen LogP contribution in [0, 0.1) is 0 Å². The number of amides is 2. The van der Waals surface area contributed by atoms with E-state index in [9.17, 15) is 9.59 Å². The second-order valence-electron chi connectivity index (χ2n) is 11.5. The molecule has 4 aromatic rings. The molecule has 2 amide bonds. The van der Waals surface area contributed by atoms with Gasteiger partial charge in [-0.1, -0.05) is 74.6 Å². The Morgan fingerprint density at radius 3 is 2.21 bits per heavy atom. The molecule has 218 valence electrons. The van der Waals surface area contributed by atoms with Gasteiger partial charge in [0, 0.05) is 24.0 Å². The van der Waals surface area contributed by atoms with E-state index in [2.05, 4.69) is 5.32 Å². The molecule has 1 aliphatic heterocycles. The Hall–Kier alpha value is -4.26. The zero-order valence-corrected chi connectivity index (χ0v) is 24.5. The third-order valence-electron chi connectivity index (χ3n) is 8.99. The first kappa shape index (κ1) is 27.9. The van der Waals surface area contributed by atoms with Gasteiger partial charge in [0.1, 0.15) is 17.2 Å². The monoisotopic (exact) mass is 565 g/mol. The van der Waals surface area contributed by atoms with Crippen LogP contribution in [0.3, 0.4) is 0 Å². The molecule has 2 aliphatic rings. The predicted octanol–water partition coefficient (Wildman–Crippen LogP) is 6.44. The minimum atomic E-state index is -1.26. The van der Waals surface area contributed by atoms with Gasteiger partial charge in [-0.15, -0.1) is 0 Å². The van der Waals surface area contributed by atoms with E-state index >= 15 is 0 Å². The van der Waals surface area contributed by atoms with Crippen molar-refractivity contribution in [2.24, 2.45) is 0 Å². The number of methoxy groups -OCH3 is 2. The van der Waals surface area contributed by atoms with Crippen LogP contribution in [0.25, 0.3) is 10.9 Å². The molecule has 42 heavy (non-hydrogen) atoms. The molecule has 1 N–H and O–H groups in total. The Balaban J connectivity index is 1.51. The number of carbonyl (C=O) groups is 2. The second-order valence-corrected chi connectivity index (χ2v) is 11.5. The zero-order valence-electron chi connectivity index (χ0n) is 24.5. The largest absolute Gasteiger partial charge is 0.497 e. The predicted molar refractivity (Wildman–Crippen MR) is 164 cm³/mol. The summed E-state index contributed by atoms with van der Waals surface area (Å²) in [7, 11) is 3.27. The fourth-order valence-electron chi connectivity index (χ4n) is 6.65. The third kappa shape index (κ3) is 5.13. The first-order valence-electron chi connectivity index (χ1n) is 15.0. The zero-order chi connectivity index (χ0) is 29.1. The molecule has 7 heteroatoms. The van der Waals surface area contributed by atoms with Crippen molar-refractivity contribution in [2.75, 3.05) is 14.2 Å². The van der Waals surface area contributed by atoms with Crippen LogP contribution in [0.2, 0.25) is 0 Å². The van der Waals surface area contributed by atoms with Gasteiger partial charge >= 0.3 is 0 Å². The third-order valence-corrected chi connectivity index (χ3v) is 8.99. The Kier molecular flexibility index (Phi) is 7.92. The number of rotatable bonds is 7. The number of aromatic nitrogens is 1. The molecule has 6 rings (SSSR count). The molecule has 1 aliphatic carbocycles. The van der Waals surface area contributed by atoms with Crippen molar-refractivity contribution >= 4 is 22.7 Å². The van der Waals surface area contributed by atoms with Crippen LogP contribution < -0.4 is 14.8 Å². The normalized spacial score (nSPS) is 19.6. The molecule has 0 saturated heterocycles. The number of hydrogen-bond acceptors (Lipinski definition) is 4. The molecule has 2 heterocycles. The first-order chi connectivity index (χ1) is 20.5. The number of ether oxygens (including phenoxy) is 2. The fourth-order valence-corrected chi connectivity index (χ4v) is 6.65. The lowest BCUT2D eigenvalue weighted by Crippen LogP contribution is -2.64. The molecule has 0 bridgehead atoms. The standard InChI is InChI=1S/C35H39N3O4/c1-41-29-18-15-25(16-19-29)23-38-33(39)32-21-26-17-20-30(42-2)22-31(26)37(32)24-35(38,27-11-7-6-8-12-27)34(40)36-28-13-9-4-3-5-10-14-28/h6-8,11-12,15-22,28H,3-5,9-10,13-14,23-24H2,1-2H3,(H,36,40)/t35-/m0/s1. The first-order valence-corrected chi connectivity index (χ1v) is 15.0. The van der Waals surface area contributed by atoms with Gasteiger partial charge in [0.05, 0.1) is 26.3 Å². The molecule has 0 unspecified atom stereocenters. The van der Waals surface area contributed by atoms with E-state index in [4.69, 9.17) is 9.47 Å². The van der Waals surface area contributed by atoms with E-state index < -0.39 is 5.54 Å². The van der Waals surface area contributed by atoms with Crippen LogP contribution in [0.5, 0.6) is 11.5 Å². The lowest BCUT2D eigenvalue weighted by Gasteiger charge is -2.47. The maximum absolute atomic E-state index is 14.9. The van der Waals surface area contributed by atoms with Gasteiger partial charge in [-0.3, -0.25) is 9.59 Å². The highest BCUT2D eigenvalue weighted by Crippen LogP contribution is 2.41. The maximum atomic E-state index is 14.9. The van der Waals surface area contributed by atoms with Gasteiger partial charge in [0.15, 0.2) is 5.54 Å². The summed E-state index contributed by atoms with van der Waals surface area (Å²) in [5.74, 6) is 1.15. The summed E-state index contributed by atoms with van der Waals surface area (Å²) < 4.78 is 12.9. The van der Waals surface area contributed by atoms with Crippen LogP contribution >= 0.6 is 0 Å². The summed E-state index contributed by atoms with van der Waals surface area (Å²) in [5.41, 5.74) is 1.90. The van der Waals surface area contributed by atoms with Crippen LogP contribution in [-0.2, 0) is 23.4 Å². The Morgan fingerprint density at radius 1 is 0.857 bits per heavy atom. The van der Waals surface area contributed by atoms with Crippen molar-refractivity contribution in [3.8, 4) is 11.5 Å². The lowest BCUT2D eigenvalue weighted by atomic mass is 9.83. The number of benzene rings is 3. The highest BCUT2D eigenvalue weighted by atomic mass is 16.5. The number of carbonyl (C=O) groups excluding carboxylic acids is 2. The van der Waals surface area contributed by atoms with Gasteiger partial charge < -0.3 is 24.3 Å². The van der Waals surface area contributed by atoms with Gasteiger partial charge in [-0.25, -0.2) is 0 Å². The smallest absolute Gasteiger partial charge is 0.272 e. The van der Waals surface area contributed by atoms with E-state index in [1.54, 1.807) is 19.1 Å². The molecule has 0 radical (unpaired) electrons. The maximum Gasteiger partial charge on any atom is 0.272 e. The molecule has 0 spiro atoms. The molecule has 1 aromatic heterocycles. The van der Waals surface area contributed by atoms with Crippen molar-refractivity contribution in [2.45, 2.75) is 69.6 Å². The Labute approximate surface area is 247 Å². The summed E-state index contributed by atoms with van der Waals surface area (Å²) in [6, 6.07) is 25.3. The summed E-state index contributed by atoms with van der Waals surface area (Å²) >= 11 is 0. The summed E-state index contributed by atoms with van der Waals surface area (Å²) in [5, 5.41) is 4.39. The van der Waals surface area contributed by atoms with E-state index in [-0.39, 0.29) is 24.4 Å². The molecule has 7 nitrogen and oxygen atoms in total. The molecule has 1 fully saturated rings. The topological polar surface area (TPSA) is 72.8 Å². The van der Waals surface area contributed by atoms with Gasteiger partial charge in [-0.2, -0.15) is 0 Å². The average molecular weight is 566 g/mol. The summed E-state index contributed by atoms with van der Waals surface area (Å²) in [4.78, 5) is 31.3. The highest BCUT2D eigenvalue weighted by molar-refractivity contribution is 6.04. The van der Waals surface area contributed by atoms with Crippen LogP contribution in [-0.4, -0.2) is 41.5 Å². The number of nitrogens with one attached hydrogen (secondary N) is 1. The number of hydrogen-bond donors (Lipinski definition) is 1. The SMILES string of the molecule is COc1ccc(CN2C(=O)c3cc4ccc(OC)cc4n3C[C@@]2(C(=O)NC2CCCCCCC2)c2ccccc2)cc1. The molecule has 1 atom stereocenters. The van der Waals surface area contributed by atoms with E-state index in [0.717, 1.165) is 53.5 Å². The van der Waals surface area contributed by atoms with Crippen molar-refractivity contribution in [1.82, 2.24) is 14.8 Å². The van der Waals surface area contributed by atoms with E-state index in [1.807, 2.05) is 83.4 Å². The van der Waals surface area contributed by atoms with Crippen molar-refractivity contribution in [1.29, 1.82) is 0 Å². The van der Waals surface area contributed by atoms with Crippen molar-refractivity contribution < 1.29 is 19.1 Å². The van der Waals surface area contributed by atoms with Crippen molar-refractivity contribution in [3.63, 3.8) is 0 Å². The fraction of sp³-hybridized carbons (Fsp3) is 0.371. The molecular formula is C35H39N3O4. The van der Waals surface area contributed by atoms with Crippen LogP contribution in [0.1, 0.15) is 66.6 Å². The quantitative estimate of drug-likeness (QED) is 0.280. The molecular weight excluding hydrogens is 526 g/mol. The minimum absolute atomic E-state index is 0.0826. The average Bonchev–Trinajstić information content (AvgIpc) is 3.38. The van der Waals surface area contributed by atoms with Gasteiger partial charge in [0.2, 0.25) is 0 Å².